The molecule has 3 nitrogen and oxygen atoms in total. The lowest BCUT2D eigenvalue weighted by molar-refractivity contribution is -0.0669. The number of hydrogen-bond donors (Lipinski definition) is 1. The van der Waals surface area contributed by atoms with Crippen molar-refractivity contribution < 1.29 is 0 Å². The standard InChI is InChI=1S/C14H27N3/c1-7-15-12(16-11-8-10(11)2)17-9-13(3,4)14(17,5)6/h10-11H,7-9H2,1-6H3,(H,15,16). The van der Waals surface area contributed by atoms with Crippen LogP contribution in [0.1, 0.15) is 48.0 Å². The van der Waals surface area contributed by atoms with Crippen LogP contribution in [0.25, 0.3) is 0 Å². The summed E-state index contributed by atoms with van der Waals surface area (Å²) in [7, 11) is 0. The van der Waals surface area contributed by atoms with Crippen LogP contribution in [0.4, 0.5) is 0 Å². The van der Waals surface area contributed by atoms with Crippen molar-refractivity contribution in [1.29, 1.82) is 0 Å². The summed E-state index contributed by atoms with van der Waals surface area (Å²) >= 11 is 0. The molecule has 2 unspecified atom stereocenters. The van der Waals surface area contributed by atoms with Crippen molar-refractivity contribution in [1.82, 2.24) is 10.2 Å². The second-order valence-electron chi connectivity index (χ2n) is 6.79. The lowest BCUT2D eigenvalue weighted by Crippen LogP contribution is -2.72. The number of nitrogens with zero attached hydrogens (tertiary/aromatic N) is 2. The minimum absolute atomic E-state index is 0.201. The van der Waals surface area contributed by atoms with Crippen molar-refractivity contribution in [2.45, 2.75) is 59.5 Å². The third kappa shape index (κ3) is 2.04. The molecule has 0 aromatic rings. The molecule has 2 atom stereocenters. The van der Waals surface area contributed by atoms with Crippen LogP contribution in [0.5, 0.6) is 0 Å². The molecule has 0 bridgehead atoms. The average Bonchev–Trinajstić information content (AvgIpc) is 2.90. The number of nitrogens with one attached hydrogen (secondary N) is 1. The molecule has 1 N–H and O–H groups in total. The third-order valence-corrected chi connectivity index (χ3v) is 4.87. The van der Waals surface area contributed by atoms with Gasteiger partial charge in [-0.2, -0.15) is 0 Å². The molecule has 1 saturated heterocycles. The fraction of sp³-hybridized carbons (Fsp3) is 0.929. The Bertz CT molecular complexity index is 330. The molecule has 2 fully saturated rings. The van der Waals surface area contributed by atoms with E-state index in [4.69, 9.17) is 0 Å². The molecular weight excluding hydrogens is 210 g/mol. The van der Waals surface area contributed by atoms with E-state index in [1.807, 2.05) is 0 Å². The van der Waals surface area contributed by atoms with Crippen LogP contribution in [-0.4, -0.2) is 35.5 Å². The van der Waals surface area contributed by atoms with Gasteiger partial charge in [-0.3, -0.25) is 4.99 Å². The van der Waals surface area contributed by atoms with E-state index in [0.717, 1.165) is 25.0 Å². The van der Waals surface area contributed by atoms with Crippen molar-refractivity contribution in [2.24, 2.45) is 16.3 Å². The van der Waals surface area contributed by atoms with Gasteiger partial charge in [0.25, 0.3) is 0 Å². The Morgan fingerprint density at radius 2 is 1.94 bits per heavy atom. The van der Waals surface area contributed by atoms with Gasteiger partial charge in [0.2, 0.25) is 0 Å². The molecule has 1 heterocycles. The van der Waals surface area contributed by atoms with Gasteiger partial charge in [-0.15, -0.1) is 0 Å². The predicted octanol–water partition coefficient (Wildman–Crippen LogP) is 2.48. The quantitative estimate of drug-likeness (QED) is 0.590. The second-order valence-corrected chi connectivity index (χ2v) is 6.79. The van der Waals surface area contributed by atoms with Crippen LogP contribution in [0.3, 0.4) is 0 Å². The van der Waals surface area contributed by atoms with Gasteiger partial charge in [0.05, 0.1) is 0 Å². The minimum atomic E-state index is 0.201. The van der Waals surface area contributed by atoms with Crippen molar-refractivity contribution in [3.63, 3.8) is 0 Å². The van der Waals surface area contributed by atoms with E-state index in [0.29, 0.717) is 11.5 Å². The van der Waals surface area contributed by atoms with Gasteiger partial charge in [0.1, 0.15) is 0 Å². The molecule has 0 amide bonds. The number of hydrogen-bond acceptors (Lipinski definition) is 1. The Morgan fingerprint density at radius 3 is 2.29 bits per heavy atom. The van der Waals surface area contributed by atoms with E-state index in [1.165, 1.54) is 6.42 Å². The second kappa shape index (κ2) is 3.89. The predicted molar refractivity (Wildman–Crippen MR) is 73.2 cm³/mol. The highest BCUT2D eigenvalue weighted by molar-refractivity contribution is 5.82. The summed E-state index contributed by atoms with van der Waals surface area (Å²) in [5.41, 5.74) is 0.574. The zero-order chi connectivity index (χ0) is 12.8. The molecule has 3 heteroatoms. The Balaban J connectivity index is 2.06. The fourth-order valence-corrected chi connectivity index (χ4v) is 2.45. The van der Waals surface area contributed by atoms with Gasteiger partial charge in [-0.1, -0.05) is 20.8 Å². The Morgan fingerprint density at radius 1 is 1.35 bits per heavy atom. The maximum atomic E-state index is 4.65. The van der Waals surface area contributed by atoms with Gasteiger partial charge < -0.3 is 10.2 Å². The molecule has 0 spiro atoms. The molecule has 0 aromatic heterocycles. The summed E-state index contributed by atoms with van der Waals surface area (Å²) in [6.07, 6.45) is 1.29. The van der Waals surface area contributed by atoms with Crippen LogP contribution in [0, 0.1) is 11.3 Å². The van der Waals surface area contributed by atoms with E-state index in [1.54, 1.807) is 0 Å². The summed E-state index contributed by atoms with van der Waals surface area (Å²) in [6, 6.07) is 0.653. The van der Waals surface area contributed by atoms with E-state index in [-0.39, 0.29) is 5.54 Å². The van der Waals surface area contributed by atoms with Crippen LogP contribution in [-0.2, 0) is 0 Å². The van der Waals surface area contributed by atoms with Crippen LogP contribution in [0.2, 0.25) is 0 Å². The topological polar surface area (TPSA) is 27.6 Å². The first-order chi connectivity index (χ1) is 7.79. The number of rotatable bonds is 2. The number of aliphatic imine (C=N–C) groups is 1. The first kappa shape index (κ1) is 12.7. The monoisotopic (exact) mass is 237 g/mol. The molecule has 0 radical (unpaired) electrons. The van der Waals surface area contributed by atoms with E-state index in [9.17, 15) is 0 Å². The first-order valence-electron chi connectivity index (χ1n) is 6.88. The van der Waals surface area contributed by atoms with Crippen molar-refractivity contribution in [3.05, 3.63) is 0 Å². The Hall–Kier alpha value is -0.730. The number of guanidine groups is 1. The molecule has 2 rings (SSSR count). The van der Waals surface area contributed by atoms with Gasteiger partial charge in [-0.05, 0) is 33.1 Å². The fourth-order valence-electron chi connectivity index (χ4n) is 2.45. The summed E-state index contributed by atoms with van der Waals surface area (Å²) in [4.78, 5) is 7.09. The molecule has 1 saturated carbocycles. The molecule has 17 heavy (non-hydrogen) atoms. The molecular formula is C14H27N3. The minimum Gasteiger partial charge on any atom is -0.353 e. The maximum Gasteiger partial charge on any atom is 0.194 e. The van der Waals surface area contributed by atoms with Crippen molar-refractivity contribution >= 4 is 5.96 Å². The zero-order valence-electron chi connectivity index (χ0n) is 12.2. The summed E-state index contributed by atoms with van der Waals surface area (Å²) in [5.74, 6) is 1.93. The SMILES string of the molecule is CCN=C(NC1CC1C)N1CC(C)(C)C1(C)C. The molecule has 2 aliphatic rings. The largest absolute Gasteiger partial charge is 0.353 e. The molecule has 98 valence electrons. The van der Waals surface area contributed by atoms with Gasteiger partial charge in [-0.25, -0.2) is 0 Å². The molecule has 0 aromatic carbocycles. The molecule has 1 aliphatic heterocycles. The van der Waals surface area contributed by atoms with Crippen molar-refractivity contribution in [3.8, 4) is 0 Å². The summed E-state index contributed by atoms with van der Waals surface area (Å²) in [6.45, 7) is 15.7. The summed E-state index contributed by atoms with van der Waals surface area (Å²) in [5, 5.41) is 3.61. The average molecular weight is 237 g/mol. The van der Waals surface area contributed by atoms with Gasteiger partial charge >= 0.3 is 0 Å². The highest BCUT2D eigenvalue weighted by atomic mass is 15.4. The van der Waals surface area contributed by atoms with Crippen LogP contribution in [0.15, 0.2) is 4.99 Å². The lowest BCUT2D eigenvalue weighted by Gasteiger charge is -2.62. The van der Waals surface area contributed by atoms with Gasteiger partial charge in [0, 0.05) is 30.1 Å². The van der Waals surface area contributed by atoms with E-state index in [2.05, 4.69) is 56.8 Å². The number of likely N-dealkylation sites (tertiary alicyclic amines) is 1. The zero-order valence-corrected chi connectivity index (χ0v) is 12.2. The highest BCUT2D eigenvalue weighted by Gasteiger charge is 2.54. The van der Waals surface area contributed by atoms with E-state index >= 15 is 0 Å². The first-order valence-corrected chi connectivity index (χ1v) is 6.88. The van der Waals surface area contributed by atoms with Crippen LogP contribution >= 0.6 is 0 Å². The highest BCUT2D eigenvalue weighted by Crippen LogP contribution is 2.46. The maximum absolute atomic E-state index is 4.65. The van der Waals surface area contributed by atoms with E-state index < -0.39 is 0 Å². The van der Waals surface area contributed by atoms with Crippen LogP contribution < -0.4 is 5.32 Å². The molecule has 1 aliphatic carbocycles. The van der Waals surface area contributed by atoms with Gasteiger partial charge in [0.15, 0.2) is 5.96 Å². The van der Waals surface area contributed by atoms with Crippen molar-refractivity contribution in [2.75, 3.05) is 13.1 Å². The lowest BCUT2D eigenvalue weighted by atomic mass is 9.65. The smallest absolute Gasteiger partial charge is 0.194 e. The third-order valence-electron chi connectivity index (χ3n) is 4.87. The Kier molecular flexibility index (Phi) is 2.91. The normalized spacial score (nSPS) is 34.2. The summed E-state index contributed by atoms with van der Waals surface area (Å²) < 4.78 is 0. The Labute approximate surface area is 106 Å².